The molecule has 0 aromatic heterocycles. The Morgan fingerprint density at radius 2 is 1.61 bits per heavy atom. The highest BCUT2D eigenvalue weighted by Gasteiger charge is 2.44. The summed E-state index contributed by atoms with van der Waals surface area (Å²) in [6, 6.07) is 21.9. The number of aliphatic carboxylic acids is 1. The first kappa shape index (κ1) is 29.7. The number of ether oxygens (including phenoxy) is 1. The highest BCUT2D eigenvalue weighted by atomic mass is 35.5. The molecule has 0 aliphatic carbocycles. The molecule has 1 fully saturated rings. The third-order valence-electron chi connectivity index (χ3n) is 6.42. The minimum atomic E-state index is -1.40. The van der Waals surface area contributed by atoms with Crippen LogP contribution in [-0.2, 0) is 22.4 Å². The fourth-order valence-corrected chi connectivity index (χ4v) is 4.35. The van der Waals surface area contributed by atoms with E-state index in [0.29, 0.717) is 23.4 Å². The van der Waals surface area contributed by atoms with Gasteiger partial charge < -0.3 is 36.0 Å². The van der Waals surface area contributed by atoms with E-state index in [1.165, 1.54) is 5.56 Å². The molecular weight excluding hydrogens is 510 g/mol. The monoisotopic (exact) mass is 543 g/mol. The first-order chi connectivity index (χ1) is 18.1. The van der Waals surface area contributed by atoms with E-state index in [1.807, 2.05) is 67.6 Å². The Balaban J connectivity index is 0.000000279. The second-order valence-corrected chi connectivity index (χ2v) is 9.80. The van der Waals surface area contributed by atoms with Crippen LogP contribution in [-0.4, -0.2) is 68.6 Å². The second kappa shape index (κ2) is 13.8. The lowest BCUT2D eigenvalue weighted by atomic mass is 9.90. The Labute approximate surface area is 226 Å². The smallest absolute Gasteiger partial charge is 0.320 e. The maximum Gasteiger partial charge on any atom is 0.320 e. The van der Waals surface area contributed by atoms with Gasteiger partial charge in [0.05, 0.1) is 6.61 Å². The Morgan fingerprint density at radius 1 is 0.947 bits per heavy atom. The number of halogens is 1. The van der Waals surface area contributed by atoms with Crippen LogP contribution in [0, 0.1) is 6.92 Å². The molecule has 6 atom stereocenters. The van der Waals surface area contributed by atoms with Crippen molar-refractivity contribution in [2.45, 2.75) is 56.3 Å². The molecule has 9 heteroatoms. The third kappa shape index (κ3) is 7.85. The molecule has 1 saturated heterocycles. The molecule has 7 N–H and O–H groups in total. The van der Waals surface area contributed by atoms with Gasteiger partial charge in [-0.3, -0.25) is 4.79 Å². The fourth-order valence-electron chi connectivity index (χ4n) is 4.17. The van der Waals surface area contributed by atoms with Gasteiger partial charge >= 0.3 is 5.97 Å². The zero-order valence-corrected chi connectivity index (χ0v) is 21.8. The lowest BCUT2D eigenvalue weighted by Gasteiger charge is -2.40. The van der Waals surface area contributed by atoms with E-state index >= 15 is 0 Å². The summed E-state index contributed by atoms with van der Waals surface area (Å²) in [5.41, 5.74) is 10.1. The SMILES string of the molecule is Cc1ccc(Cc2cc([C@@H]3O[C@H](CO)[C@@H](O)[C@H](O)[C@H]3O)ccc2Cl)cc1.N[C@@H](Cc1ccccc1)C(=O)O. The summed E-state index contributed by atoms with van der Waals surface area (Å²) in [6.07, 6.45) is -4.87. The molecule has 1 aliphatic heterocycles. The largest absolute Gasteiger partial charge is 0.480 e. The van der Waals surface area contributed by atoms with Crippen LogP contribution in [0.4, 0.5) is 0 Å². The van der Waals surface area contributed by atoms with Gasteiger partial charge in [0.2, 0.25) is 0 Å². The van der Waals surface area contributed by atoms with E-state index in [1.54, 1.807) is 12.1 Å². The van der Waals surface area contributed by atoms with E-state index in [4.69, 9.17) is 27.2 Å². The molecule has 0 spiro atoms. The first-order valence-corrected chi connectivity index (χ1v) is 12.6. The van der Waals surface area contributed by atoms with Gasteiger partial charge in [-0.2, -0.15) is 0 Å². The van der Waals surface area contributed by atoms with Crippen LogP contribution >= 0.6 is 11.6 Å². The molecule has 3 aromatic rings. The van der Waals surface area contributed by atoms with Crippen LogP contribution < -0.4 is 5.73 Å². The van der Waals surface area contributed by atoms with E-state index in [9.17, 15) is 25.2 Å². The third-order valence-corrected chi connectivity index (χ3v) is 6.79. The van der Waals surface area contributed by atoms with E-state index in [-0.39, 0.29) is 0 Å². The van der Waals surface area contributed by atoms with Crippen LogP contribution in [0.1, 0.15) is 33.9 Å². The summed E-state index contributed by atoms with van der Waals surface area (Å²) < 4.78 is 5.62. The van der Waals surface area contributed by atoms with Gasteiger partial charge in [0.25, 0.3) is 0 Å². The summed E-state index contributed by atoms with van der Waals surface area (Å²) in [5.74, 6) is -0.959. The Kier molecular flexibility index (Phi) is 10.8. The van der Waals surface area contributed by atoms with E-state index < -0.39 is 49.1 Å². The molecule has 204 valence electrons. The molecule has 1 aliphatic rings. The number of hydrogen-bond donors (Lipinski definition) is 6. The van der Waals surface area contributed by atoms with Crippen LogP contribution in [0.25, 0.3) is 0 Å². The number of rotatable bonds is 7. The molecule has 0 bridgehead atoms. The number of aliphatic hydroxyl groups is 4. The lowest BCUT2D eigenvalue weighted by Crippen LogP contribution is -2.55. The van der Waals surface area contributed by atoms with Gasteiger partial charge in [-0.15, -0.1) is 0 Å². The molecule has 8 nitrogen and oxygen atoms in total. The quantitative estimate of drug-likeness (QED) is 0.265. The van der Waals surface area contributed by atoms with Crippen LogP contribution in [0.15, 0.2) is 72.8 Å². The molecule has 0 radical (unpaired) electrons. The minimum Gasteiger partial charge on any atom is -0.480 e. The summed E-state index contributed by atoms with van der Waals surface area (Å²) in [7, 11) is 0. The normalized spacial score (nSPS) is 23.7. The average molecular weight is 544 g/mol. The lowest BCUT2D eigenvalue weighted by molar-refractivity contribution is -0.231. The maximum absolute atomic E-state index is 10.4. The number of hydrogen-bond acceptors (Lipinski definition) is 7. The number of carboxylic acid groups (broad SMARTS) is 1. The van der Waals surface area contributed by atoms with Crippen LogP contribution in [0.3, 0.4) is 0 Å². The fraction of sp³-hybridized carbons (Fsp3) is 0.345. The van der Waals surface area contributed by atoms with E-state index in [2.05, 4.69) is 0 Å². The summed E-state index contributed by atoms with van der Waals surface area (Å²) in [4.78, 5) is 10.4. The molecule has 0 unspecified atom stereocenters. The highest BCUT2D eigenvalue weighted by Crippen LogP contribution is 2.34. The Bertz CT molecular complexity index is 1170. The van der Waals surface area contributed by atoms with Crippen molar-refractivity contribution in [3.05, 3.63) is 106 Å². The molecule has 4 rings (SSSR count). The maximum atomic E-state index is 10.4. The number of aliphatic hydroxyl groups excluding tert-OH is 4. The molecule has 1 heterocycles. The minimum absolute atomic E-state index is 0.385. The summed E-state index contributed by atoms with van der Waals surface area (Å²) in [5, 5.41) is 48.7. The number of carbonyl (C=O) groups is 1. The summed E-state index contributed by atoms with van der Waals surface area (Å²) in [6.45, 7) is 1.57. The summed E-state index contributed by atoms with van der Waals surface area (Å²) >= 11 is 6.33. The molecule has 38 heavy (non-hydrogen) atoms. The van der Waals surface area contributed by atoms with Gasteiger partial charge in [-0.25, -0.2) is 0 Å². The van der Waals surface area contributed by atoms with Gasteiger partial charge in [0.1, 0.15) is 36.6 Å². The van der Waals surface area contributed by atoms with Crippen molar-refractivity contribution in [1.82, 2.24) is 0 Å². The molecular formula is C29H34ClNO7. The number of aryl methyl sites for hydroxylation is 1. The molecule has 0 amide bonds. The van der Waals surface area contributed by atoms with Crippen molar-refractivity contribution in [3.8, 4) is 0 Å². The standard InChI is InChI=1S/C20H23ClO5.C9H11NO2/c1-11-2-4-12(5-3-11)8-14-9-13(6-7-15(14)21)20-19(25)18(24)17(23)16(10-22)26-20;10-8(9(11)12)6-7-4-2-1-3-5-7/h2-7,9,16-20,22-25H,8,10H2,1H3;1-5,8H,6,10H2,(H,11,12)/t16-,17-,18+,19-,20+;8-/m10/s1. The van der Waals surface area contributed by atoms with Gasteiger partial charge in [0, 0.05) is 5.02 Å². The topological polar surface area (TPSA) is 153 Å². The predicted octanol–water partition coefficient (Wildman–Crippen LogP) is 2.40. The van der Waals surface area contributed by atoms with E-state index in [0.717, 1.165) is 16.7 Å². The average Bonchev–Trinajstić information content (AvgIpc) is 2.91. The Morgan fingerprint density at radius 3 is 2.21 bits per heavy atom. The zero-order chi connectivity index (χ0) is 27.8. The predicted molar refractivity (Wildman–Crippen MR) is 144 cm³/mol. The van der Waals surface area contributed by atoms with Crippen LogP contribution in [0.5, 0.6) is 0 Å². The number of benzene rings is 3. The molecule has 3 aromatic carbocycles. The zero-order valence-electron chi connectivity index (χ0n) is 21.0. The van der Waals surface area contributed by atoms with Gasteiger partial charge in [-0.1, -0.05) is 83.9 Å². The van der Waals surface area contributed by atoms with Crippen molar-refractivity contribution in [2.24, 2.45) is 5.73 Å². The molecule has 0 saturated carbocycles. The van der Waals surface area contributed by atoms with Crippen molar-refractivity contribution >= 4 is 17.6 Å². The second-order valence-electron chi connectivity index (χ2n) is 9.40. The highest BCUT2D eigenvalue weighted by molar-refractivity contribution is 6.31. The number of carboxylic acids is 1. The van der Waals surface area contributed by atoms with Crippen molar-refractivity contribution in [2.75, 3.05) is 6.61 Å². The Hall–Kier alpha value is -2.82. The van der Waals surface area contributed by atoms with Crippen molar-refractivity contribution < 1.29 is 35.1 Å². The van der Waals surface area contributed by atoms with Gasteiger partial charge in [-0.05, 0) is 48.1 Å². The number of nitrogens with two attached hydrogens (primary N) is 1. The van der Waals surface area contributed by atoms with Gasteiger partial charge in [0.15, 0.2) is 0 Å². The van der Waals surface area contributed by atoms with Crippen molar-refractivity contribution in [1.29, 1.82) is 0 Å². The van der Waals surface area contributed by atoms with Crippen LogP contribution in [0.2, 0.25) is 5.02 Å². The first-order valence-electron chi connectivity index (χ1n) is 12.3. The van der Waals surface area contributed by atoms with Crippen molar-refractivity contribution in [3.63, 3.8) is 0 Å².